The van der Waals surface area contributed by atoms with Crippen molar-refractivity contribution in [3.05, 3.63) is 48.0 Å². The molecule has 25 heavy (non-hydrogen) atoms. The summed E-state index contributed by atoms with van der Waals surface area (Å²) in [7, 11) is 4.90. The zero-order chi connectivity index (χ0) is 18.1. The maximum absolute atomic E-state index is 13.4. The lowest BCUT2D eigenvalue weighted by atomic mass is 10.2. The summed E-state index contributed by atoms with van der Waals surface area (Å²) in [4.78, 5) is 1.64. The molecule has 3 aromatic rings. The van der Waals surface area contributed by atoms with E-state index >= 15 is 0 Å². The Morgan fingerprint density at radius 3 is 2.56 bits per heavy atom. The Morgan fingerprint density at radius 2 is 1.88 bits per heavy atom. The van der Waals surface area contributed by atoms with Gasteiger partial charge in [-0.3, -0.25) is 4.57 Å². The van der Waals surface area contributed by atoms with Crippen LogP contribution < -0.4 is 9.64 Å². The van der Waals surface area contributed by atoms with Gasteiger partial charge in [-0.25, -0.2) is 8.78 Å². The van der Waals surface area contributed by atoms with Gasteiger partial charge in [-0.15, -0.1) is 10.2 Å². The predicted octanol–water partition coefficient (Wildman–Crippen LogP) is 3.24. The zero-order valence-electron chi connectivity index (χ0n) is 13.9. The van der Waals surface area contributed by atoms with Crippen molar-refractivity contribution in [3.8, 4) is 22.9 Å². The van der Waals surface area contributed by atoms with Gasteiger partial charge >= 0.3 is 0 Å². The van der Waals surface area contributed by atoms with Crippen molar-refractivity contribution in [2.75, 3.05) is 19.1 Å². The summed E-state index contributed by atoms with van der Waals surface area (Å²) in [5.41, 5.74) is 1.12. The first-order valence-electron chi connectivity index (χ1n) is 7.38. The average Bonchev–Trinajstić information content (AvgIpc) is 2.98. The Morgan fingerprint density at radius 1 is 1.12 bits per heavy atom. The van der Waals surface area contributed by atoms with Gasteiger partial charge in [-0.05, 0) is 24.3 Å². The molecule has 130 valence electrons. The minimum absolute atomic E-state index is 0.337. The molecule has 0 amide bonds. The Hall–Kier alpha value is -3.16. The molecule has 0 saturated carbocycles. The maximum atomic E-state index is 13.4. The van der Waals surface area contributed by atoms with Crippen LogP contribution in [-0.4, -0.2) is 34.0 Å². The second kappa shape index (κ2) is 6.39. The summed E-state index contributed by atoms with van der Waals surface area (Å²) in [6, 6.07) is 8.12. The van der Waals surface area contributed by atoms with E-state index in [9.17, 15) is 13.9 Å². The number of rotatable bonds is 4. The summed E-state index contributed by atoms with van der Waals surface area (Å²) in [6.45, 7) is 0. The Balaban J connectivity index is 2.02. The van der Waals surface area contributed by atoms with Crippen LogP contribution in [0.4, 0.5) is 20.4 Å². The molecule has 0 unspecified atom stereocenters. The van der Waals surface area contributed by atoms with E-state index in [-0.39, 0.29) is 0 Å². The smallest absolute Gasteiger partial charge is 0.231 e. The van der Waals surface area contributed by atoms with Crippen molar-refractivity contribution in [1.29, 1.82) is 0 Å². The van der Waals surface area contributed by atoms with Gasteiger partial charge in [0.05, 0.1) is 12.7 Å². The SMILES string of the molecule is COc1cc(F)ccc1-c1nnc(N(C)c2ccc(F)c(O)c2)n1C. The molecule has 0 aliphatic heterocycles. The fourth-order valence-corrected chi connectivity index (χ4v) is 2.52. The molecular weight excluding hydrogens is 330 g/mol. The second-order valence-electron chi connectivity index (χ2n) is 5.42. The number of nitrogens with zero attached hydrogens (tertiary/aromatic N) is 4. The number of phenols is 1. The molecule has 0 aliphatic rings. The lowest BCUT2D eigenvalue weighted by Crippen LogP contribution is -2.14. The molecule has 0 saturated heterocycles. The molecule has 0 fully saturated rings. The minimum Gasteiger partial charge on any atom is -0.505 e. The first-order valence-corrected chi connectivity index (χ1v) is 7.38. The number of benzene rings is 2. The molecule has 1 aromatic heterocycles. The van der Waals surface area contributed by atoms with E-state index < -0.39 is 17.4 Å². The van der Waals surface area contributed by atoms with Crippen LogP contribution >= 0.6 is 0 Å². The van der Waals surface area contributed by atoms with Crippen molar-refractivity contribution in [1.82, 2.24) is 14.8 Å². The minimum atomic E-state index is -0.702. The quantitative estimate of drug-likeness (QED) is 0.786. The number of phenolic OH excluding ortho intramolecular Hbond substituents is 1. The Labute approximate surface area is 142 Å². The van der Waals surface area contributed by atoms with Crippen molar-refractivity contribution >= 4 is 11.6 Å². The second-order valence-corrected chi connectivity index (χ2v) is 5.42. The molecule has 0 bridgehead atoms. The predicted molar refractivity (Wildman–Crippen MR) is 89.1 cm³/mol. The highest BCUT2D eigenvalue weighted by molar-refractivity contribution is 5.67. The fourth-order valence-electron chi connectivity index (χ4n) is 2.52. The zero-order valence-corrected chi connectivity index (χ0v) is 13.9. The van der Waals surface area contributed by atoms with E-state index in [0.29, 0.717) is 28.8 Å². The third-order valence-corrected chi connectivity index (χ3v) is 3.87. The highest BCUT2D eigenvalue weighted by atomic mass is 19.1. The Bertz CT molecular complexity index is 927. The monoisotopic (exact) mass is 346 g/mol. The normalized spacial score (nSPS) is 10.8. The van der Waals surface area contributed by atoms with Crippen molar-refractivity contribution in [3.63, 3.8) is 0 Å². The van der Waals surface area contributed by atoms with E-state index in [1.807, 2.05) is 0 Å². The lowest BCUT2D eigenvalue weighted by Gasteiger charge is -2.18. The van der Waals surface area contributed by atoms with E-state index in [2.05, 4.69) is 10.2 Å². The number of halogens is 2. The topological polar surface area (TPSA) is 63.4 Å². The van der Waals surface area contributed by atoms with Crippen LogP contribution in [-0.2, 0) is 7.05 Å². The summed E-state index contributed by atoms with van der Waals surface area (Å²) in [5, 5.41) is 17.8. The number of methoxy groups -OCH3 is 1. The van der Waals surface area contributed by atoms with E-state index in [4.69, 9.17) is 4.74 Å². The van der Waals surface area contributed by atoms with Crippen molar-refractivity contribution in [2.45, 2.75) is 0 Å². The van der Waals surface area contributed by atoms with Gasteiger partial charge in [0.1, 0.15) is 11.6 Å². The third kappa shape index (κ3) is 2.98. The van der Waals surface area contributed by atoms with Crippen molar-refractivity contribution < 1.29 is 18.6 Å². The summed E-state index contributed by atoms with van der Waals surface area (Å²) < 4.78 is 33.5. The fraction of sp³-hybridized carbons (Fsp3) is 0.176. The molecule has 0 aliphatic carbocycles. The van der Waals surface area contributed by atoms with Crippen LogP contribution in [0.25, 0.3) is 11.4 Å². The van der Waals surface area contributed by atoms with E-state index in [0.717, 1.165) is 0 Å². The molecular formula is C17H16F2N4O2. The highest BCUT2D eigenvalue weighted by Gasteiger charge is 2.19. The largest absolute Gasteiger partial charge is 0.505 e. The standard InChI is InChI=1S/C17H16F2N4O2/c1-22(11-5-7-13(19)14(24)9-11)17-21-20-16(23(17)2)12-6-4-10(18)8-15(12)25-3/h4-9,24H,1-3H3. The first-order chi connectivity index (χ1) is 11.9. The first kappa shape index (κ1) is 16.7. The van der Waals surface area contributed by atoms with Gasteiger partial charge in [0.25, 0.3) is 0 Å². The number of aromatic hydroxyl groups is 1. The van der Waals surface area contributed by atoms with Gasteiger partial charge in [0.2, 0.25) is 5.95 Å². The van der Waals surface area contributed by atoms with Crippen molar-refractivity contribution in [2.24, 2.45) is 7.05 Å². The van der Waals surface area contributed by atoms with Crippen LogP contribution in [0, 0.1) is 11.6 Å². The van der Waals surface area contributed by atoms with Gasteiger partial charge in [-0.1, -0.05) is 0 Å². The maximum Gasteiger partial charge on any atom is 0.231 e. The van der Waals surface area contributed by atoms with Gasteiger partial charge in [0, 0.05) is 31.9 Å². The number of ether oxygens (including phenoxy) is 1. The number of anilines is 2. The molecule has 3 rings (SSSR count). The summed E-state index contributed by atoms with van der Waals surface area (Å²) >= 11 is 0. The van der Waals surface area contributed by atoms with Gasteiger partial charge < -0.3 is 14.7 Å². The Kier molecular flexibility index (Phi) is 4.26. The lowest BCUT2D eigenvalue weighted by molar-refractivity contribution is 0.412. The molecule has 2 aromatic carbocycles. The molecule has 8 heteroatoms. The van der Waals surface area contributed by atoms with Crippen LogP contribution in [0.15, 0.2) is 36.4 Å². The molecule has 0 atom stereocenters. The number of hydrogen-bond donors (Lipinski definition) is 1. The third-order valence-electron chi connectivity index (χ3n) is 3.87. The van der Waals surface area contributed by atoms with Crippen LogP contribution in [0.1, 0.15) is 0 Å². The molecule has 0 spiro atoms. The van der Waals surface area contributed by atoms with E-state index in [1.54, 1.807) is 29.6 Å². The molecule has 1 N–H and O–H groups in total. The van der Waals surface area contributed by atoms with E-state index in [1.165, 1.54) is 37.4 Å². The van der Waals surface area contributed by atoms with Crippen LogP contribution in [0.2, 0.25) is 0 Å². The van der Waals surface area contributed by atoms with Gasteiger partial charge in [0.15, 0.2) is 17.4 Å². The molecule has 1 heterocycles. The van der Waals surface area contributed by atoms with Crippen LogP contribution in [0.5, 0.6) is 11.5 Å². The number of hydrogen-bond acceptors (Lipinski definition) is 5. The summed E-state index contributed by atoms with van der Waals surface area (Å²) in [6.07, 6.45) is 0. The van der Waals surface area contributed by atoms with Crippen LogP contribution in [0.3, 0.4) is 0 Å². The molecule has 6 nitrogen and oxygen atoms in total. The highest BCUT2D eigenvalue weighted by Crippen LogP contribution is 2.32. The molecule has 0 radical (unpaired) electrons. The number of aromatic nitrogens is 3. The summed E-state index contributed by atoms with van der Waals surface area (Å²) in [5.74, 6) is -0.303. The average molecular weight is 346 g/mol. The van der Waals surface area contributed by atoms with Gasteiger partial charge in [-0.2, -0.15) is 0 Å².